The first-order valence-electron chi connectivity index (χ1n) is 9.23. The van der Waals surface area contributed by atoms with Crippen molar-refractivity contribution >= 4 is 50.8 Å². The second-order valence-corrected chi connectivity index (χ2v) is 7.69. The summed E-state index contributed by atoms with van der Waals surface area (Å²) in [6, 6.07) is 14.7. The lowest BCUT2D eigenvalue weighted by Crippen LogP contribution is -2.14. The van der Waals surface area contributed by atoms with Gasteiger partial charge in [-0.05, 0) is 29.7 Å². The van der Waals surface area contributed by atoms with Crippen molar-refractivity contribution in [1.82, 2.24) is 19.9 Å². The Labute approximate surface area is 174 Å². The fourth-order valence-electron chi connectivity index (χ4n) is 3.20. The summed E-state index contributed by atoms with van der Waals surface area (Å²) in [7, 11) is 0. The number of nitrogens with one attached hydrogen (secondary N) is 2. The number of amides is 1. The van der Waals surface area contributed by atoms with E-state index in [1.165, 1.54) is 11.3 Å². The fraction of sp³-hybridized carbons (Fsp3) is 0.0455. The molecule has 0 aliphatic heterocycles. The van der Waals surface area contributed by atoms with Crippen LogP contribution in [0.4, 0.5) is 5.95 Å². The molecule has 30 heavy (non-hydrogen) atoms. The maximum Gasteiger partial charge on any atom is 0.276 e. The van der Waals surface area contributed by atoms with E-state index in [4.69, 9.17) is 0 Å². The van der Waals surface area contributed by atoms with Crippen LogP contribution in [0.1, 0.15) is 25.9 Å². The third-order valence-corrected chi connectivity index (χ3v) is 5.47. The molecule has 0 bridgehead atoms. The van der Waals surface area contributed by atoms with Gasteiger partial charge in [-0.15, -0.1) is 11.3 Å². The molecule has 8 heteroatoms. The summed E-state index contributed by atoms with van der Waals surface area (Å²) >= 11 is 1.45. The second kappa shape index (κ2) is 7.49. The first kappa shape index (κ1) is 18.1. The zero-order valence-electron chi connectivity index (χ0n) is 15.6. The molecular formula is C22H15N5O2S. The minimum absolute atomic E-state index is 0.0209. The van der Waals surface area contributed by atoms with Crippen LogP contribution < -0.4 is 5.32 Å². The number of Topliss-reactive ketones (excluding diaryl/α,β-unsaturated/α-hetero) is 1. The van der Waals surface area contributed by atoms with Gasteiger partial charge in [0.1, 0.15) is 10.7 Å². The van der Waals surface area contributed by atoms with Crippen molar-refractivity contribution in [3.05, 3.63) is 82.6 Å². The van der Waals surface area contributed by atoms with Gasteiger partial charge >= 0.3 is 0 Å². The Balaban J connectivity index is 1.36. The van der Waals surface area contributed by atoms with Gasteiger partial charge in [0.05, 0.1) is 17.5 Å². The fourth-order valence-corrected chi connectivity index (χ4v) is 3.82. The molecule has 1 amide bonds. The summed E-state index contributed by atoms with van der Waals surface area (Å²) in [6.45, 7) is 0. The van der Waals surface area contributed by atoms with Crippen molar-refractivity contribution in [3.63, 3.8) is 0 Å². The zero-order valence-corrected chi connectivity index (χ0v) is 16.4. The third kappa shape index (κ3) is 3.56. The first-order chi connectivity index (χ1) is 14.7. The van der Waals surface area contributed by atoms with Crippen LogP contribution in [-0.2, 0) is 6.42 Å². The molecule has 5 rings (SSSR count). The van der Waals surface area contributed by atoms with E-state index < -0.39 is 0 Å². The lowest BCUT2D eigenvalue weighted by atomic mass is 10.1. The van der Waals surface area contributed by atoms with Crippen molar-refractivity contribution in [3.8, 4) is 0 Å². The Morgan fingerprint density at radius 3 is 2.73 bits per heavy atom. The average molecular weight is 413 g/mol. The molecule has 0 fully saturated rings. The maximum absolute atomic E-state index is 12.6. The molecule has 0 aliphatic rings. The van der Waals surface area contributed by atoms with Gasteiger partial charge in [-0.25, -0.2) is 9.97 Å². The van der Waals surface area contributed by atoms with E-state index in [0.29, 0.717) is 28.2 Å². The molecule has 3 heterocycles. The quantitative estimate of drug-likeness (QED) is 0.420. The van der Waals surface area contributed by atoms with Gasteiger partial charge < -0.3 is 4.98 Å². The number of thiazole rings is 1. The van der Waals surface area contributed by atoms with E-state index in [9.17, 15) is 9.59 Å². The van der Waals surface area contributed by atoms with E-state index in [1.54, 1.807) is 36.7 Å². The monoisotopic (exact) mass is 413 g/mol. The van der Waals surface area contributed by atoms with Crippen LogP contribution in [-0.4, -0.2) is 31.6 Å². The summed E-state index contributed by atoms with van der Waals surface area (Å²) in [4.78, 5) is 40.9. The van der Waals surface area contributed by atoms with Crippen LogP contribution in [0.25, 0.3) is 21.8 Å². The number of hydrogen-bond acceptors (Lipinski definition) is 6. The van der Waals surface area contributed by atoms with Crippen LogP contribution in [0.15, 0.2) is 66.3 Å². The van der Waals surface area contributed by atoms with Gasteiger partial charge in [0, 0.05) is 28.7 Å². The number of ketones is 1. The smallest absolute Gasteiger partial charge is 0.276 e. The van der Waals surface area contributed by atoms with Crippen LogP contribution in [0.2, 0.25) is 0 Å². The molecule has 0 saturated carbocycles. The number of H-pyrrole nitrogens is 1. The number of benzene rings is 2. The molecule has 0 radical (unpaired) electrons. The van der Waals surface area contributed by atoms with Crippen LogP contribution in [0.3, 0.4) is 0 Å². The Morgan fingerprint density at radius 1 is 1.03 bits per heavy atom. The molecule has 0 spiro atoms. The minimum atomic E-state index is -0.361. The molecule has 0 saturated heterocycles. The molecular weight excluding hydrogens is 398 g/mol. The summed E-state index contributed by atoms with van der Waals surface area (Å²) in [5.41, 5.74) is 2.19. The predicted molar refractivity (Wildman–Crippen MR) is 116 cm³/mol. The van der Waals surface area contributed by atoms with Crippen molar-refractivity contribution in [2.24, 2.45) is 0 Å². The van der Waals surface area contributed by atoms with Gasteiger partial charge in [-0.2, -0.15) is 0 Å². The number of anilines is 1. The third-order valence-electron chi connectivity index (χ3n) is 4.69. The summed E-state index contributed by atoms with van der Waals surface area (Å²) in [6.07, 6.45) is 3.61. The van der Waals surface area contributed by atoms with Crippen molar-refractivity contribution < 1.29 is 9.59 Å². The van der Waals surface area contributed by atoms with Crippen LogP contribution in [0.5, 0.6) is 0 Å². The molecule has 0 atom stereocenters. The Hall–Kier alpha value is -3.91. The van der Waals surface area contributed by atoms with E-state index in [2.05, 4.69) is 25.3 Å². The van der Waals surface area contributed by atoms with Gasteiger partial charge in [0.2, 0.25) is 5.95 Å². The average Bonchev–Trinajstić information content (AvgIpc) is 3.41. The predicted octanol–water partition coefficient (Wildman–Crippen LogP) is 4.25. The summed E-state index contributed by atoms with van der Waals surface area (Å²) < 4.78 is 0. The zero-order chi connectivity index (χ0) is 20.5. The van der Waals surface area contributed by atoms with E-state index in [-0.39, 0.29) is 18.1 Å². The number of aromatic amines is 1. The Kier molecular flexibility index (Phi) is 4.53. The highest BCUT2D eigenvalue weighted by Gasteiger charge is 2.14. The number of rotatable bonds is 5. The van der Waals surface area contributed by atoms with Crippen molar-refractivity contribution in [2.45, 2.75) is 6.42 Å². The molecule has 2 aromatic carbocycles. The van der Waals surface area contributed by atoms with E-state index in [1.807, 2.05) is 29.6 Å². The molecule has 0 aliphatic carbocycles. The molecule has 7 nitrogen and oxygen atoms in total. The number of nitrogens with zero attached hydrogens (tertiary/aromatic N) is 3. The number of pyridine rings is 1. The lowest BCUT2D eigenvalue weighted by Gasteiger charge is -2.03. The highest BCUT2D eigenvalue weighted by molar-refractivity contribution is 7.09. The molecule has 0 unspecified atom stereocenters. The minimum Gasteiger partial charge on any atom is -0.324 e. The Morgan fingerprint density at radius 2 is 1.90 bits per heavy atom. The number of hydrogen-bond donors (Lipinski definition) is 2. The largest absolute Gasteiger partial charge is 0.324 e. The van der Waals surface area contributed by atoms with Gasteiger partial charge in [0.25, 0.3) is 5.91 Å². The number of imidazole rings is 1. The molecule has 146 valence electrons. The first-order valence-corrected chi connectivity index (χ1v) is 10.1. The van der Waals surface area contributed by atoms with Gasteiger partial charge in [-0.3, -0.25) is 19.9 Å². The van der Waals surface area contributed by atoms with Crippen LogP contribution in [0, 0.1) is 0 Å². The SMILES string of the molecule is O=C(Cc1nccs1)c1ccc2nc(NC(=O)c3cc4ccccc4cn3)[nH]c2c1. The van der Waals surface area contributed by atoms with E-state index >= 15 is 0 Å². The van der Waals surface area contributed by atoms with E-state index in [0.717, 1.165) is 15.8 Å². The number of carbonyl (C=O) groups excluding carboxylic acids is 2. The standard InChI is InChI=1S/C22H15N5O2S/c28-19(11-20-23-7-8-30-20)14-5-6-16-17(10-14)26-22(25-16)27-21(29)18-9-13-3-1-2-4-15(13)12-24-18/h1-10,12H,11H2,(H2,25,26,27,29). The lowest BCUT2D eigenvalue weighted by molar-refractivity contribution is 0.0990. The van der Waals surface area contributed by atoms with Crippen LogP contribution >= 0.6 is 11.3 Å². The van der Waals surface area contributed by atoms with Crippen molar-refractivity contribution in [2.75, 3.05) is 5.32 Å². The Bertz CT molecular complexity index is 1390. The topological polar surface area (TPSA) is 101 Å². The highest BCUT2D eigenvalue weighted by Crippen LogP contribution is 2.19. The van der Waals surface area contributed by atoms with Gasteiger partial charge in [-0.1, -0.05) is 24.3 Å². The summed E-state index contributed by atoms with van der Waals surface area (Å²) in [5, 5.41) is 7.26. The molecule has 5 aromatic rings. The summed E-state index contributed by atoms with van der Waals surface area (Å²) in [5.74, 6) is -0.0817. The molecule has 2 N–H and O–H groups in total. The van der Waals surface area contributed by atoms with Crippen molar-refractivity contribution in [1.29, 1.82) is 0 Å². The number of fused-ring (bicyclic) bond motifs is 2. The number of carbonyl (C=O) groups is 2. The maximum atomic E-state index is 12.6. The van der Waals surface area contributed by atoms with Gasteiger partial charge in [0.15, 0.2) is 5.78 Å². The molecule has 3 aromatic heterocycles. The number of aromatic nitrogens is 4. The normalized spacial score (nSPS) is 11.1. The highest BCUT2D eigenvalue weighted by atomic mass is 32.1. The second-order valence-electron chi connectivity index (χ2n) is 6.71.